The molecule has 0 N–H and O–H groups in total. The van der Waals surface area contributed by atoms with E-state index in [-0.39, 0.29) is 5.82 Å². The van der Waals surface area contributed by atoms with Gasteiger partial charge in [-0.1, -0.05) is 12.1 Å². The van der Waals surface area contributed by atoms with Crippen LogP contribution in [-0.2, 0) is 0 Å². The topological polar surface area (TPSA) is 12.4 Å². The van der Waals surface area contributed by atoms with Gasteiger partial charge in [0.1, 0.15) is 5.82 Å². The summed E-state index contributed by atoms with van der Waals surface area (Å²) in [5, 5.41) is 0. The summed E-state index contributed by atoms with van der Waals surface area (Å²) in [5.74, 6) is -0.225. The molecule has 0 fully saturated rings. The van der Waals surface area contributed by atoms with Gasteiger partial charge in [-0.25, -0.2) is 4.39 Å². The van der Waals surface area contributed by atoms with Gasteiger partial charge in [0.2, 0.25) is 0 Å². The van der Waals surface area contributed by atoms with E-state index in [0.717, 1.165) is 5.56 Å². The molecule has 0 heterocycles. The van der Waals surface area contributed by atoms with E-state index in [1.807, 2.05) is 0 Å². The SMILES string of the molecule is C/N=C/c1cccc(F)c1. The zero-order valence-electron chi connectivity index (χ0n) is 5.71. The van der Waals surface area contributed by atoms with Gasteiger partial charge in [0.15, 0.2) is 0 Å². The molecule has 52 valence electrons. The van der Waals surface area contributed by atoms with Crippen LogP contribution in [0.3, 0.4) is 0 Å². The summed E-state index contributed by atoms with van der Waals surface area (Å²) in [6, 6.07) is 6.31. The second-order valence-electron chi connectivity index (χ2n) is 1.94. The minimum atomic E-state index is -0.225. The van der Waals surface area contributed by atoms with Crippen LogP contribution >= 0.6 is 0 Å². The summed E-state index contributed by atoms with van der Waals surface area (Å²) < 4.78 is 12.4. The summed E-state index contributed by atoms with van der Waals surface area (Å²) in [4.78, 5) is 3.76. The molecule has 0 atom stereocenters. The van der Waals surface area contributed by atoms with Crippen molar-refractivity contribution in [2.45, 2.75) is 0 Å². The molecule has 0 unspecified atom stereocenters. The third-order valence-corrected chi connectivity index (χ3v) is 1.13. The number of hydrogen-bond acceptors (Lipinski definition) is 1. The normalized spacial score (nSPS) is 10.6. The van der Waals surface area contributed by atoms with Crippen LogP contribution in [0.25, 0.3) is 0 Å². The maximum absolute atomic E-state index is 12.4. The zero-order chi connectivity index (χ0) is 7.40. The van der Waals surface area contributed by atoms with Gasteiger partial charge in [-0.3, -0.25) is 4.99 Å². The molecule has 1 rings (SSSR count). The lowest BCUT2D eigenvalue weighted by molar-refractivity contribution is 0.627. The molecule has 0 aliphatic carbocycles. The van der Waals surface area contributed by atoms with Crippen LogP contribution in [0.2, 0.25) is 0 Å². The highest BCUT2D eigenvalue weighted by Gasteiger charge is 1.88. The van der Waals surface area contributed by atoms with Gasteiger partial charge < -0.3 is 0 Å². The molecular formula is C8H8FN. The maximum Gasteiger partial charge on any atom is 0.123 e. The number of aliphatic imine (C=N–C) groups is 1. The van der Waals surface area contributed by atoms with Crippen molar-refractivity contribution in [2.75, 3.05) is 7.05 Å². The van der Waals surface area contributed by atoms with E-state index in [0.29, 0.717) is 0 Å². The summed E-state index contributed by atoms with van der Waals surface area (Å²) in [6.45, 7) is 0. The minimum Gasteiger partial charge on any atom is -0.296 e. The lowest BCUT2D eigenvalue weighted by Gasteiger charge is -1.89. The number of hydrogen-bond donors (Lipinski definition) is 0. The smallest absolute Gasteiger partial charge is 0.123 e. The molecule has 0 saturated carbocycles. The van der Waals surface area contributed by atoms with Gasteiger partial charge in [-0.2, -0.15) is 0 Å². The molecule has 10 heavy (non-hydrogen) atoms. The maximum atomic E-state index is 12.4. The van der Waals surface area contributed by atoms with Gasteiger partial charge in [0, 0.05) is 13.3 Å². The predicted octanol–water partition coefficient (Wildman–Crippen LogP) is 1.87. The first-order valence-corrected chi connectivity index (χ1v) is 3.00. The fourth-order valence-corrected chi connectivity index (χ4v) is 0.736. The molecule has 0 bridgehead atoms. The Labute approximate surface area is 59.2 Å². The highest BCUT2D eigenvalue weighted by molar-refractivity contribution is 5.79. The summed E-state index contributed by atoms with van der Waals surface area (Å²) in [7, 11) is 1.66. The quantitative estimate of drug-likeness (QED) is 0.524. The van der Waals surface area contributed by atoms with Crippen molar-refractivity contribution in [1.82, 2.24) is 0 Å². The number of nitrogens with zero attached hydrogens (tertiary/aromatic N) is 1. The first kappa shape index (κ1) is 6.93. The minimum absolute atomic E-state index is 0.225. The standard InChI is InChI=1S/C8H8FN/c1-10-6-7-3-2-4-8(9)5-7/h2-6H,1H3/b10-6+. The fraction of sp³-hybridized carbons (Fsp3) is 0.125. The van der Waals surface area contributed by atoms with Crippen LogP contribution in [-0.4, -0.2) is 13.3 Å². The van der Waals surface area contributed by atoms with E-state index in [1.54, 1.807) is 25.4 Å². The zero-order valence-corrected chi connectivity index (χ0v) is 5.71. The van der Waals surface area contributed by atoms with E-state index < -0.39 is 0 Å². The second kappa shape index (κ2) is 3.11. The highest BCUT2D eigenvalue weighted by Crippen LogP contribution is 1.99. The molecule has 0 radical (unpaired) electrons. The first-order chi connectivity index (χ1) is 4.83. The fourth-order valence-electron chi connectivity index (χ4n) is 0.736. The van der Waals surface area contributed by atoms with Crippen LogP contribution in [0, 0.1) is 5.82 Å². The Kier molecular flexibility index (Phi) is 2.15. The Balaban J connectivity index is 2.95. The summed E-state index contributed by atoms with van der Waals surface area (Å²) in [5.41, 5.74) is 0.794. The summed E-state index contributed by atoms with van der Waals surface area (Å²) >= 11 is 0. The Morgan fingerprint density at radius 2 is 2.30 bits per heavy atom. The Bertz CT molecular complexity index is 243. The van der Waals surface area contributed by atoms with Crippen LogP contribution in [0.5, 0.6) is 0 Å². The van der Waals surface area contributed by atoms with E-state index in [1.165, 1.54) is 12.1 Å². The van der Waals surface area contributed by atoms with Gasteiger partial charge >= 0.3 is 0 Å². The molecule has 1 aromatic carbocycles. The third-order valence-electron chi connectivity index (χ3n) is 1.13. The van der Waals surface area contributed by atoms with Crippen molar-refractivity contribution in [3.8, 4) is 0 Å². The largest absolute Gasteiger partial charge is 0.296 e. The molecule has 1 nitrogen and oxygen atoms in total. The van der Waals surface area contributed by atoms with E-state index in [4.69, 9.17) is 0 Å². The van der Waals surface area contributed by atoms with E-state index >= 15 is 0 Å². The van der Waals surface area contributed by atoms with Crippen LogP contribution in [0.15, 0.2) is 29.3 Å². The second-order valence-corrected chi connectivity index (χ2v) is 1.94. The molecule has 0 spiro atoms. The average molecular weight is 137 g/mol. The van der Waals surface area contributed by atoms with E-state index in [9.17, 15) is 4.39 Å². The summed E-state index contributed by atoms with van der Waals surface area (Å²) in [6.07, 6.45) is 1.61. The highest BCUT2D eigenvalue weighted by atomic mass is 19.1. The molecule has 0 aromatic heterocycles. The van der Waals surface area contributed by atoms with Crippen LogP contribution in [0.4, 0.5) is 4.39 Å². The molecular weight excluding hydrogens is 129 g/mol. The van der Waals surface area contributed by atoms with Gasteiger partial charge in [-0.15, -0.1) is 0 Å². The van der Waals surface area contributed by atoms with Crippen LogP contribution in [0.1, 0.15) is 5.56 Å². The van der Waals surface area contributed by atoms with Crippen molar-refractivity contribution in [1.29, 1.82) is 0 Å². The number of rotatable bonds is 1. The first-order valence-electron chi connectivity index (χ1n) is 3.00. The Morgan fingerprint density at radius 1 is 1.50 bits per heavy atom. The van der Waals surface area contributed by atoms with Gasteiger partial charge in [0.05, 0.1) is 0 Å². The third kappa shape index (κ3) is 1.65. The molecule has 0 amide bonds. The van der Waals surface area contributed by atoms with Gasteiger partial charge in [-0.05, 0) is 17.7 Å². The van der Waals surface area contributed by atoms with E-state index in [2.05, 4.69) is 4.99 Å². The van der Waals surface area contributed by atoms with Gasteiger partial charge in [0.25, 0.3) is 0 Å². The van der Waals surface area contributed by atoms with Crippen molar-refractivity contribution in [3.05, 3.63) is 35.6 Å². The molecule has 1 aromatic rings. The predicted molar refractivity (Wildman–Crippen MR) is 39.9 cm³/mol. The lowest BCUT2D eigenvalue weighted by Crippen LogP contribution is -1.80. The molecule has 2 heteroatoms. The Hall–Kier alpha value is -1.18. The average Bonchev–Trinajstić information content (AvgIpc) is 1.88. The van der Waals surface area contributed by atoms with Crippen molar-refractivity contribution >= 4 is 6.21 Å². The number of halogens is 1. The van der Waals surface area contributed by atoms with Crippen LogP contribution < -0.4 is 0 Å². The van der Waals surface area contributed by atoms with Crippen molar-refractivity contribution < 1.29 is 4.39 Å². The monoisotopic (exact) mass is 137 g/mol. The molecule has 0 saturated heterocycles. The van der Waals surface area contributed by atoms with Crippen molar-refractivity contribution in [3.63, 3.8) is 0 Å². The Morgan fingerprint density at radius 3 is 2.90 bits per heavy atom. The number of benzene rings is 1. The van der Waals surface area contributed by atoms with Crippen molar-refractivity contribution in [2.24, 2.45) is 4.99 Å². The lowest BCUT2D eigenvalue weighted by atomic mass is 10.2. The molecule has 0 aliphatic heterocycles. The molecule has 0 aliphatic rings.